The Morgan fingerprint density at radius 1 is 0.578 bits per heavy atom. The van der Waals surface area contributed by atoms with Crippen LogP contribution in [0.1, 0.15) is 66.8 Å². The summed E-state index contributed by atoms with van der Waals surface area (Å²) in [6, 6.07) is 54.5. The Morgan fingerprint density at radius 2 is 1.28 bits per heavy atom. The number of allylic oxidation sites excluding steroid dienone is 8. The Balaban J connectivity index is 0.872. The van der Waals surface area contributed by atoms with Crippen molar-refractivity contribution in [1.29, 1.82) is 0 Å². The molecule has 0 radical (unpaired) electrons. The third-order valence-corrected chi connectivity index (χ3v) is 16.5. The molecule has 0 bridgehead atoms. The maximum absolute atomic E-state index is 6.34. The summed E-state index contributed by atoms with van der Waals surface area (Å²) in [6.07, 6.45) is 15.3. The van der Waals surface area contributed by atoms with E-state index in [1.54, 1.807) is 0 Å². The van der Waals surface area contributed by atoms with Gasteiger partial charge in [-0.15, -0.1) is 0 Å². The van der Waals surface area contributed by atoms with Gasteiger partial charge in [-0.3, -0.25) is 0 Å². The minimum absolute atomic E-state index is 0.0324. The predicted octanol–water partition coefficient (Wildman–Crippen LogP) is 15.3. The zero-order chi connectivity index (χ0) is 42.2. The average molecular weight is 821 g/mol. The molecule has 0 amide bonds. The van der Waals surface area contributed by atoms with Crippen LogP contribution in [0.4, 0.5) is 0 Å². The molecule has 5 aliphatic carbocycles. The lowest BCUT2D eigenvalue weighted by molar-refractivity contribution is 0.269. The van der Waals surface area contributed by atoms with Gasteiger partial charge in [0.2, 0.25) is 0 Å². The summed E-state index contributed by atoms with van der Waals surface area (Å²) < 4.78 is 11.4. The van der Waals surface area contributed by atoms with Gasteiger partial charge in [-0.2, -0.15) is 0 Å². The Labute approximate surface area is 372 Å². The summed E-state index contributed by atoms with van der Waals surface area (Å²) in [6.45, 7) is 7.54. The lowest BCUT2D eigenvalue weighted by Gasteiger charge is -2.42. The highest BCUT2D eigenvalue weighted by molar-refractivity contribution is 6.14. The van der Waals surface area contributed by atoms with Crippen molar-refractivity contribution in [3.05, 3.63) is 210 Å². The van der Waals surface area contributed by atoms with Gasteiger partial charge < -0.3 is 13.9 Å². The summed E-state index contributed by atoms with van der Waals surface area (Å²) >= 11 is 0. The molecule has 4 unspecified atom stereocenters. The molecule has 9 aromatic rings. The largest absolute Gasteiger partial charge is 0.485 e. The number of hydrogen-bond donors (Lipinski definition) is 0. The molecular formula is C61H44N2O. The zero-order valence-electron chi connectivity index (χ0n) is 36.1. The Bertz CT molecular complexity index is 3800. The first-order valence-corrected chi connectivity index (χ1v) is 23.0. The highest BCUT2D eigenvalue weighted by Crippen LogP contribution is 2.68. The Morgan fingerprint density at radius 3 is 2.16 bits per heavy atom. The van der Waals surface area contributed by atoms with Crippen molar-refractivity contribution in [3.63, 3.8) is 0 Å². The van der Waals surface area contributed by atoms with Gasteiger partial charge in [-0.25, -0.2) is 0 Å². The fourth-order valence-electron chi connectivity index (χ4n) is 12.9. The monoisotopic (exact) mass is 820 g/mol. The topological polar surface area (TPSA) is 19.1 Å². The average Bonchev–Trinajstić information content (AvgIpc) is 3.74. The number of hydrogen-bond acceptors (Lipinski definition) is 1. The molecule has 64 heavy (non-hydrogen) atoms. The maximum Gasteiger partial charge on any atom is 0.128 e. The van der Waals surface area contributed by atoms with E-state index in [2.05, 4.69) is 212 Å². The van der Waals surface area contributed by atoms with Crippen LogP contribution in [0.2, 0.25) is 0 Å². The molecule has 3 heterocycles. The van der Waals surface area contributed by atoms with E-state index in [1.807, 2.05) is 0 Å². The van der Waals surface area contributed by atoms with Crippen molar-refractivity contribution in [2.75, 3.05) is 0 Å². The number of nitrogens with zero attached hydrogens (tertiary/aromatic N) is 2. The number of ether oxygens (including phenoxy) is 1. The molecule has 0 saturated heterocycles. The number of benzene rings is 7. The van der Waals surface area contributed by atoms with E-state index in [4.69, 9.17) is 4.74 Å². The highest BCUT2D eigenvalue weighted by atomic mass is 16.5. The fourth-order valence-corrected chi connectivity index (χ4v) is 12.9. The Hall–Kier alpha value is -7.36. The molecule has 1 aliphatic heterocycles. The summed E-state index contributed by atoms with van der Waals surface area (Å²) in [7, 11) is 0. The summed E-state index contributed by atoms with van der Waals surface area (Å²) in [5.74, 6) is 1.60. The minimum Gasteiger partial charge on any atom is -0.485 e. The van der Waals surface area contributed by atoms with Crippen LogP contribution in [0, 0.1) is 5.41 Å². The van der Waals surface area contributed by atoms with Gasteiger partial charge in [0.25, 0.3) is 0 Å². The molecule has 304 valence electrons. The first-order chi connectivity index (χ1) is 31.4. The van der Waals surface area contributed by atoms with Crippen LogP contribution in [0.3, 0.4) is 0 Å². The summed E-state index contributed by atoms with van der Waals surface area (Å²) in [4.78, 5) is 0. The molecule has 0 fully saturated rings. The molecule has 3 heteroatoms. The molecule has 7 aromatic carbocycles. The zero-order valence-corrected chi connectivity index (χ0v) is 36.1. The van der Waals surface area contributed by atoms with E-state index in [0.29, 0.717) is 5.92 Å². The standard InChI is InChI=1S/C61H44N2O/c1-60(2)50-27-25-45-39-12-4-5-13-40(39)46-33-49(46)58(45)59(50)51-26-22-38(34-61(51,60)3)63-52-17-9-6-14-41(52)43-24-20-36(31-55(43)63)35-21-28-54-47(30-35)42-15-7-10-18-53(42)62(54)37-23-29-57-48(32-37)44-16-8-11-19-56(44)64-57/h4-33,48-49,57H,34H2,1-3H3. The van der Waals surface area contributed by atoms with Crippen LogP contribution in [0.25, 0.3) is 88.4 Å². The van der Waals surface area contributed by atoms with Crippen LogP contribution in [-0.2, 0) is 5.41 Å². The second-order valence-corrected chi connectivity index (χ2v) is 19.7. The maximum atomic E-state index is 6.34. The molecule has 2 aromatic heterocycles. The molecule has 6 aliphatic rings. The van der Waals surface area contributed by atoms with Gasteiger partial charge in [0.1, 0.15) is 11.9 Å². The number of rotatable bonds is 3. The van der Waals surface area contributed by atoms with Crippen molar-refractivity contribution >= 4 is 66.2 Å². The van der Waals surface area contributed by atoms with Crippen molar-refractivity contribution in [2.24, 2.45) is 5.41 Å². The van der Waals surface area contributed by atoms with Crippen molar-refractivity contribution in [1.82, 2.24) is 9.13 Å². The van der Waals surface area contributed by atoms with E-state index in [-0.39, 0.29) is 22.9 Å². The highest BCUT2D eigenvalue weighted by Gasteiger charge is 2.55. The molecule has 4 atom stereocenters. The first kappa shape index (κ1) is 35.1. The van der Waals surface area contributed by atoms with Crippen molar-refractivity contribution < 1.29 is 4.74 Å². The van der Waals surface area contributed by atoms with E-state index >= 15 is 0 Å². The van der Waals surface area contributed by atoms with Crippen LogP contribution >= 0.6 is 0 Å². The van der Waals surface area contributed by atoms with Gasteiger partial charge in [-0.05, 0) is 123 Å². The summed E-state index contributed by atoms with van der Waals surface area (Å²) in [5.41, 5.74) is 22.8. The SMILES string of the molecule is CC12CC(n3c4ccccc4c4ccc(-c5ccc6c(c5)c5ccccc5n6C5=CC6c7ccccc7OC6C=C5)cc43)=CC=C1c1c(ccc3c1C1C=C1c1ccccc1-3)C2(C)C. The second-order valence-electron chi connectivity index (χ2n) is 19.7. The molecule has 3 nitrogen and oxygen atoms in total. The Kier molecular flexibility index (Phi) is 6.59. The van der Waals surface area contributed by atoms with Gasteiger partial charge >= 0.3 is 0 Å². The first-order valence-electron chi connectivity index (χ1n) is 23.0. The summed E-state index contributed by atoms with van der Waals surface area (Å²) in [5, 5.41) is 5.11. The van der Waals surface area contributed by atoms with Gasteiger partial charge in [-0.1, -0.05) is 142 Å². The smallest absolute Gasteiger partial charge is 0.128 e. The van der Waals surface area contributed by atoms with E-state index in [9.17, 15) is 0 Å². The molecule has 0 spiro atoms. The lowest BCUT2D eigenvalue weighted by atomic mass is 9.62. The van der Waals surface area contributed by atoms with Gasteiger partial charge in [0, 0.05) is 61.2 Å². The third-order valence-electron chi connectivity index (χ3n) is 16.5. The van der Waals surface area contributed by atoms with E-state index < -0.39 is 0 Å². The second kappa shape index (κ2) is 12.0. The van der Waals surface area contributed by atoms with E-state index in [1.165, 1.54) is 116 Å². The van der Waals surface area contributed by atoms with E-state index in [0.717, 1.165) is 12.2 Å². The molecule has 0 saturated carbocycles. The predicted molar refractivity (Wildman–Crippen MR) is 265 cm³/mol. The normalized spacial score (nSPS) is 22.7. The van der Waals surface area contributed by atoms with Crippen LogP contribution in [0.5, 0.6) is 5.75 Å². The van der Waals surface area contributed by atoms with Gasteiger partial charge in [0.05, 0.1) is 22.1 Å². The molecule has 0 N–H and O–H groups in total. The lowest BCUT2D eigenvalue weighted by Crippen LogP contribution is -2.36. The third kappa shape index (κ3) is 4.37. The minimum atomic E-state index is -0.0901. The molecule has 15 rings (SSSR count). The fraction of sp³-hybridized carbons (Fsp3) is 0.148. The van der Waals surface area contributed by atoms with Crippen LogP contribution in [-0.4, -0.2) is 15.2 Å². The quantitative estimate of drug-likeness (QED) is 0.174. The van der Waals surface area contributed by atoms with Crippen molar-refractivity contribution in [3.8, 4) is 28.0 Å². The van der Waals surface area contributed by atoms with Crippen LogP contribution < -0.4 is 4.74 Å². The van der Waals surface area contributed by atoms with Crippen molar-refractivity contribution in [2.45, 2.75) is 50.5 Å². The molecular weight excluding hydrogens is 777 g/mol. The van der Waals surface area contributed by atoms with Crippen LogP contribution in [0.15, 0.2) is 182 Å². The number of para-hydroxylation sites is 3. The number of aromatic nitrogens is 2. The number of fused-ring (bicyclic) bond motifs is 19. The van der Waals surface area contributed by atoms with Gasteiger partial charge in [0.15, 0.2) is 0 Å².